The lowest BCUT2D eigenvalue weighted by molar-refractivity contribution is -0.384. The van der Waals surface area contributed by atoms with E-state index >= 15 is 0 Å². The highest BCUT2D eigenvalue weighted by Gasteiger charge is 2.18. The van der Waals surface area contributed by atoms with Gasteiger partial charge in [0, 0.05) is 36.3 Å². The molecular formula is C23H22ClN5O4. The Morgan fingerprint density at radius 1 is 1.15 bits per heavy atom. The number of anilines is 3. The second-order valence-electron chi connectivity index (χ2n) is 7.39. The molecule has 0 bridgehead atoms. The number of hydrogen-bond donors (Lipinski definition) is 2. The van der Waals surface area contributed by atoms with Crippen LogP contribution in [-0.4, -0.2) is 42.1 Å². The lowest BCUT2D eigenvalue weighted by atomic mass is 10.1. The minimum absolute atomic E-state index is 0.169. The van der Waals surface area contributed by atoms with Gasteiger partial charge in [0.25, 0.3) is 11.6 Å². The molecule has 0 spiro atoms. The Bertz CT molecular complexity index is 1150. The van der Waals surface area contributed by atoms with E-state index in [0.29, 0.717) is 36.2 Å². The quantitative estimate of drug-likeness (QED) is 0.392. The monoisotopic (exact) mass is 467 g/mol. The van der Waals surface area contributed by atoms with Gasteiger partial charge in [-0.2, -0.15) is 0 Å². The molecule has 1 saturated heterocycles. The first-order valence-electron chi connectivity index (χ1n) is 10.4. The highest BCUT2D eigenvalue weighted by atomic mass is 35.5. The Morgan fingerprint density at radius 3 is 2.64 bits per heavy atom. The van der Waals surface area contributed by atoms with Crippen molar-refractivity contribution in [1.82, 2.24) is 4.98 Å². The highest BCUT2D eigenvalue weighted by Crippen LogP contribution is 2.27. The normalized spacial score (nSPS) is 13.4. The molecule has 0 radical (unpaired) electrons. The topological polar surface area (TPSA) is 110 Å². The van der Waals surface area contributed by atoms with Gasteiger partial charge in [0.15, 0.2) is 0 Å². The van der Waals surface area contributed by atoms with E-state index in [1.54, 1.807) is 18.3 Å². The number of carbonyl (C=O) groups is 1. The van der Waals surface area contributed by atoms with Gasteiger partial charge in [0.2, 0.25) is 0 Å². The summed E-state index contributed by atoms with van der Waals surface area (Å²) in [5, 5.41) is 17.9. The number of nitrogens with one attached hydrogen (secondary N) is 2. The standard InChI is InChI=1S/C23H22ClN5O4/c24-19-4-2-1-3-17(19)14-25-20-7-5-16(13-21(20)29(31)32)23(30)27-18-6-8-22(26-15-18)28-9-11-33-12-10-28/h1-8,13,15,25H,9-12,14H2,(H,27,30). The minimum atomic E-state index is -0.523. The summed E-state index contributed by atoms with van der Waals surface area (Å²) in [5.41, 5.74) is 1.58. The fourth-order valence-electron chi connectivity index (χ4n) is 3.45. The molecule has 9 nitrogen and oxygen atoms in total. The van der Waals surface area contributed by atoms with E-state index < -0.39 is 10.8 Å². The van der Waals surface area contributed by atoms with Crippen molar-refractivity contribution in [2.45, 2.75) is 6.54 Å². The summed E-state index contributed by atoms with van der Waals surface area (Å²) >= 11 is 6.15. The number of amides is 1. The number of morpholine rings is 1. The van der Waals surface area contributed by atoms with Crippen LogP contribution in [0.4, 0.5) is 22.9 Å². The number of pyridine rings is 1. The van der Waals surface area contributed by atoms with Gasteiger partial charge in [0.05, 0.1) is 30.0 Å². The van der Waals surface area contributed by atoms with Crippen molar-refractivity contribution in [2.24, 2.45) is 0 Å². The number of ether oxygens (including phenoxy) is 1. The average Bonchev–Trinajstić information content (AvgIpc) is 2.84. The molecule has 170 valence electrons. The molecule has 1 aromatic heterocycles. The number of nitro groups is 1. The van der Waals surface area contributed by atoms with Gasteiger partial charge in [-0.25, -0.2) is 4.98 Å². The van der Waals surface area contributed by atoms with E-state index in [2.05, 4.69) is 20.5 Å². The lowest BCUT2D eigenvalue weighted by Gasteiger charge is -2.27. The first-order valence-corrected chi connectivity index (χ1v) is 10.7. The molecule has 10 heteroatoms. The Hall–Kier alpha value is -3.69. The fraction of sp³-hybridized carbons (Fsp3) is 0.217. The summed E-state index contributed by atoms with van der Waals surface area (Å²) in [7, 11) is 0. The Kier molecular flexibility index (Phi) is 7.01. The van der Waals surface area contributed by atoms with E-state index in [4.69, 9.17) is 16.3 Å². The Balaban J connectivity index is 1.44. The zero-order chi connectivity index (χ0) is 23.2. The van der Waals surface area contributed by atoms with Crippen molar-refractivity contribution < 1.29 is 14.5 Å². The maximum absolute atomic E-state index is 12.7. The van der Waals surface area contributed by atoms with Crippen molar-refractivity contribution >= 4 is 40.4 Å². The largest absolute Gasteiger partial charge is 0.378 e. The smallest absolute Gasteiger partial charge is 0.293 e. The number of carbonyl (C=O) groups excluding carboxylic acids is 1. The van der Waals surface area contributed by atoms with Crippen molar-refractivity contribution in [1.29, 1.82) is 0 Å². The van der Waals surface area contributed by atoms with Crippen molar-refractivity contribution in [3.05, 3.63) is 87.1 Å². The van der Waals surface area contributed by atoms with Gasteiger partial charge in [-0.1, -0.05) is 29.8 Å². The van der Waals surface area contributed by atoms with Gasteiger partial charge in [-0.05, 0) is 35.9 Å². The number of nitrogens with zero attached hydrogens (tertiary/aromatic N) is 3. The molecule has 2 aromatic carbocycles. The molecule has 1 aliphatic rings. The van der Waals surface area contributed by atoms with Crippen LogP contribution in [0.25, 0.3) is 0 Å². The number of benzene rings is 2. The molecule has 0 saturated carbocycles. The van der Waals surface area contributed by atoms with Crippen molar-refractivity contribution in [3.8, 4) is 0 Å². The minimum Gasteiger partial charge on any atom is -0.378 e. The lowest BCUT2D eigenvalue weighted by Crippen LogP contribution is -2.36. The van der Waals surface area contributed by atoms with Crippen molar-refractivity contribution in [2.75, 3.05) is 41.8 Å². The van der Waals surface area contributed by atoms with Crippen LogP contribution in [0.2, 0.25) is 5.02 Å². The maximum Gasteiger partial charge on any atom is 0.293 e. The van der Waals surface area contributed by atoms with Crippen LogP contribution in [0.1, 0.15) is 15.9 Å². The second kappa shape index (κ2) is 10.3. The van der Waals surface area contributed by atoms with E-state index in [0.717, 1.165) is 24.5 Å². The van der Waals surface area contributed by atoms with Gasteiger partial charge in [0.1, 0.15) is 11.5 Å². The van der Waals surface area contributed by atoms with Crippen molar-refractivity contribution in [3.63, 3.8) is 0 Å². The Labute approximate surface area is 195 Å². The van der Waals surface area contributed by atoms with Gasteiger partial charge in [-0.15, -0.1) is 0 Å². The summed E-state index contributed by atoms with van der Waals surface area (Å²) in [6, 6.07) is 15.1. The summed E-state index contributed by atoms with van der Waals surface area (Å²) in [4.78, 5) is 30.3. The van der Waals surface area contributed by atoms with Crippen LogP contribution in [0.3, 0.4) is 0 Å². The summed E-state index contributed by atoms with van der Waals surface area (Å²) in [5.74, 6) is 0.345. The van der Waals surface area contributed by atoms with Crippen LogP contribution in [0, 0.1) is 10.1 Å². The molecule has 1 fully saturated rings. The average molecular weight is 468 g/mol. The van der Waals surface area contributed by atoms with Crippen LogP contribution < -0.4 is 15.5 Å². The maximum atomic E-state index is 12.7. The molecule has 0 atom stereocenters. The fourth-order valence-corrected chi connectivity index (χ4v) is 3.65. The zero-order valence-electron chi connectivity index (χ0n) is 17.7. The van der Waals surface area contributed by atoms with Gasteiger partial charge < -0.3 is 20.3 Å². The molecule has 2 N–H and O–H groups in total. The van der Waals surface area contributed by atoms with Crippen LogP contribution in [0.15, 0.2) is 60.8 Å². The third-order valence-corrected chi connectivity index (χ3v) is 5.59. The molecule has 33 heavy (non-hydrogen) atoms. The first kappa shape index (κ1) is 22.5. The molecule has 3 aromatic rings. The third-order valence-electron chi connectivity index (χ3n) is 5.22. The zero-order valence-corrected chi connectivity index (χ0v) is 18.4. The van der Waals surface area contributed by atoms with Crippen LogP contribution >= 0.6 is 11.6 Å². The molecule has 1 aliphatic heterocycles. The predicted molar refractivity (Wildman–Crippen MR) is 127 cm³/mol. The molecular weight excluding hydrogens is 446 g/mol. The molecule has 2 heterocycles. The molecule has 4 rings (SSSR count). The highest BCUT2D eigenvalue weighted by molar-refractivity contribution is 6.31. The number of halogens is 1. The number of rotatable bonds is 7. The predicted octanol–water partition coefficient (Wildman–Crippen LogP) is 4.34. The Morgan fingerprint density at radius 2 is 1.94 bits per heavy atom. The van der Waals surface area contributed by atoms with Gasteiger partial charge >= 0.3 is 0 Å². The SMILES string of the molecule is O=C(Nc1ccc(N2CCOCC2)nc1)c1ccc(NCc2ccccc2Cl)c([N+](=O)[O-])c1. The first-order chi connectivity index (χ1) is 16.0. The summed E-state index contributed by atoms with van der Waals surface area (Å²) in [6.45, 7) is 3.15. The number of aromatic nitrogens is 1. The third kappa shape index (κ3) is 5.57. The van der Waals surface area contributed by atoms with E-state index in [9.17, 15) is 14.9 Å². The number of nitro benzene ring substituents is 1. The van der Waals surface area contributed by atoms with E-state index in [-0.39, 0.29) is 11.3 Å². The molecule has 1 amide bonds. The summed E-state index contributed by atoms with van der Waals surface area (Å²) < 4.78 is 5.34. The summed E-state index contributed by atoms with van der Waals surface area (Å²) in [6.07, 6.45) is 1.57. The van der Waals surface area contributed by atoms with E-state index in [1.807, 2.05) is 24.3 Å². The molecule has 0 unspecified atom stereocenters. The van der Waals surface area contributed by atoms with Gasteiger partial charge in [-0.3, -0.25) is 14.9 Å². The molecule has 0 aliphatic carbocycles. The number of hydrogen-bond acceptors (Lipinski definition) is 7. The second-order valence-corrected chi connectivity index (χ2v) is 7.80. The van der Waals surface area contributed by atoms with Crippen LogP contribution in [-0.2, 0) is 11.3 Å². The van der Waals surface area contributed by atoms with Crippen LogP contribution in [0.5, 0.6) is 0 Å². The van der Waals surface area contributed by atoms with E-state index in [1.165, 1.54) is 18.2 Å².